The Labute approximate surface area is 117 Å². The Morgan fingerprint density at radius 1 is 1.26 bits per heavy atom. The number of ether oxygens (including phenoxy) is 2. The third-order valence-corrected chi connectivity index (χ3v) is 4.60. The van der Waals surface area contributed by atoms with Gasteiger partial charge in [0.25, 0.3) is 0 Å². The Bertz CT molecular complexity index is 243. The fourth-order valence-corrected chi connectivity index (χ4v) is 3.43. The second kappa shape index (κ2) is 7.58. The molecular formula is C15H30N2O2. The SMILES string of the molecule is CCN(CC1CCCO1)CC1(CNC)CCOCC1. The van der Waals surface area contributed by atoms with Crippen molar-refractivity contribution in [3.05, 3.63) is 0 Å². The molecule has 0 aromatic heterocycles. The normalized spacial score (nSPS) is 27.0. The molecule has 0 radical (unpaired) electrons. The molecule has 2 heterocycles. The maximum absolute atomic E-state index is 5.79. The Morgan fingerprint density at radius 2 is 2.05 bits per heavy atom. The molecule has 4 heteroatoms. The number of nitrogens with zero attached hydrogens (tertiary/aromatic N) is 1. The van der Waals surface area contributed by atoms with E-state index in [1.165, 1.54) is 32.2 Å². The minimum absolute atomic E-state index is 0.390. The smallest absolute Gasteiger partial charge is 0.0702 e. The van der Waals surface area contributed by atoms with Crippen molar-refractivity contribution in [1.29, 1.82) is 0 Å². The largest absolute Gasteiger partial charge is 0.381 e. The quantitative estimate of drug-likeness (QED) is 0.760. The lowest BCUT2D eigenvalue weighted by atomic mass is 9.79. The van der Waals surface area contributed by atoms with Gasteiger partial charge in [0.15, 0.2) is 0 Å². The van der Waals surface area contributed by atoms with E-state index in [-0.39, 0.29) is 0 Å². The van der Waals surface area contributed by atoms with Crippen LogP contribution in [0.25, 0.3) is 0 Å². The maximum atomic E-state index is 5.79. The number of likely N-dealkylation sites (N-methyl/N-ethyl adjacent to an activating group) is 1. The summed E-state index contributed by atoms with van der Waals surface area (Å²) in [6, 6.07) is 0. The third-order valence-electron chi connectivity index (χ3n) is 4.60. The first kappa shape index (κ1) is 15.2. The summed E-state index contributed by atoms with van der Waals surface area (Å²) >= 11 is 0. The molecule has 1 N–H and O–H groups in total. The highest BCUT2D eigenvalue weighted by Gasteiger charge is 2.34. The van der Waals surface area contributed by atoms with Gasteiger partial charge in [0, 0.05) is 39.5 Å². The minimum Gasteiger partial charge on any atom is -0.381 e. The summed E-state index contributed by atoms with van der Waals surface area (Å²) in [5, 5.41) is 3.39. The van der Waals surface area contributed by atoms with Gasteiger partial charge < -0.3 is 19.7 Å². The standard InChI is InChI=1S/C15H30N2O2/c1-3-17(11-14-5-4-8-19-14)13-15(12-16-2)6-9-18-10-7-15/h14,16H,3-13H2,1-2H3. The molecule has 2 saturated heterocycles. The molecule has 1 atom stereocenters. The molecule has 4 nitrogen and oxygen atoms in total. The molecule has 0 aromatic rings. The Kier molecular flexibility index (Phi) is 6.07. The van der Waals surface area contributed by atoms with E-state index < -0.39 is 0 Å². The highest BCUT2D eigenvalue weighted by Crippen LogP contribution is 2.31. The van der Waals surface area contributed by atoms with Crippen LogP contribution in [-0.2, 0) is 9.47 Å². The van der Waals surface area contributed by atoms with Gasteiger partial charge in [-0.2, -0.15) is 0 Å². The molecular weight excluding hydrogens is 240 g/mol. The topological polar surface area (TPSA) is 33.7 Å². The molecule has 1 unspecified atom stereocenters. The number of hydrogen-bond donors (Lipinski definition) is 1. The zero-order valence-electron chi connectivity index (χ0n) is 12.6. The van der Waals surface area contributed by atoms with Gasteiger partial charge in [-0.3, -0.25) is 0 Å². The zero-order valence-corrected chi connectivity index (χ0v) is 12.6. The van der Waals surface area contributed by atoms with Crippen LogP contribution < -0.4 is 5.32 Å². The second-order valence-corrected chi connectivity index (χ2v) is 6.11. The summed E-state index contributed by atoms with van der Waals surface area (Å²) < 4.78 is 11.3. The van der Waals surface area contributed by atoms with Crippen LogP contribution in [0.1, 0.15) is 32.6 Å². The number of nitrogens with one attached hydrogen (secondary N) is 1. The summed E-state index contributed by atoms with van der Waals surface area (Å²) in [6.45, 7) is 9.54. The van der Waals surface area contributed by atoms with Crippen molar-refractivity contribution in [3.63, 3.8) is 0 Å². The monoisotopic (exact) mass is 270 g/mol. The molecule has 2 rings (SSSR count). The van der Waals surface area contributed by atoms with Crippen LogP contribution in [-0.4, -0.2) is 64.1 Å². The highest BCUT2D eigenvalue weighted by atomic mass is 16.5. The van der Waals surface area contributed by atoms with Gasteiger partial charge in [0.1, 0.15) is 0 Å². The van der Waals surface area contributed by atoms with Crippen molar-refractivity contribution in [2.45, 2.75) is 38.7 Å². The Hall–Kier alpha value is -0.160. The van der Waals surface area contributed by atoms with E-state index in [9.17, 15) is 0 Å². The van der Waals surface area contributed by atoms with Crippen molar-refractivity contribution in [2.75, 3.05) is 53.0 Å². The van der Waals surface area contributed by atoms with E-state index in [1.54, 1.807) is 0 Å². The second-order valence-electron chi connectivity index (χ2n) is 6.11. The molecule has 19 heavy (non-hydrogen) atoms. The van der Waals surface area contributed by atoms with E-state index >= 15 is 0 Å². The van der Waals surface area contributed by atoms with Gasteiger partial charge in [-0.05, 0) is 44.7 Å². The van der Waals surface area contributed by atoms with Crippen LogP contribution in [0, 0.1) is 5.41 Å². The van der Waals surface area contributed by atoms with Crippen LogP contribution in [0.3, 0.4) is 0 Å². The van der Waals surface area contributed by atoms with E-state index in [1.807, 2.05) is 0 Å². The number of hydrogen-bond acceptors (Lipinski definition) is 4. The summed E-state index contributed by atoms with van der Waals surface area (Å²) in [7, 11) is 2.06. The first-order valence-electron chi connectivity index (χ1n) is 7.84. The molecule has 2 fully saturated rings. The number of rotatable bonds is 7. The fourth-order valence-electron chi connectivity index (χ4n) is 3.43. The van der Waals surface area contributed by atoms with Crippen LogP contribution in [0.15, 0.2) is 0 Å². The molecule has 0 amide bonds. The predicted octanol–water partition coefficient (Wildman–Crippen LogP) is 1.50. The molecule has 2 aliphatic rings. The molecule has 0 saturated carbocycles. The minimum atomic E-state index is 0.390. The molecule has 0 aliphatic carbocycles. The average molecular weight is 270 g/mol. The summed E-state index contributed by atoms with van der Waals surface area (Å²) in [6.07, 6.45) is 5.29. The van der Waals surface area contributed by atoms with Gasteiger partial charge in [-0.1, -0.05) is 6.92 Å². The summed E-state index contributed by atoms with van der Waals surface area (Å²) in [5.74, 6) is 0. The first-order valence-corrected chi connectivity index (χ1v) is 7.84. The molecule has 112 valence electrons. The van der Waals surface area contributed by atoms with Crippen LogP contribution >= 0.6 is 0 Å². The Balaban J connectivity index is 1.89. The summed E-state index contributed by atoms with van der Waals surface area (Å²) in [4.78, 5) is 2.58. The van der Waals surface area contributed by atoms with Gasteiger partial charge in [0.2, 0.25) is 0 Å². The van der Waals surface area contributed by atoms with Crippen molar-refractivity contribution in [1.82, 2.24) is 10.2 Å². The van der Waals surface area contributed by atoms with E-state index in [4.69, 9.17) is 9.47 Å². The van der Waals surface area contributed by atoms with E-state index in [2.05, 4.69) is 24.2 Å². The molecule has 0 spiro atoms. The van der Waals surface area contributed by atoms with Gasteiger partial charge in [-0.15, -0.1) is 0 Å². The van der Waals surface area contributed by atoms with Crippen molar-refractivity contribution < 1.29 is 9.47 Å². The van der Waals surface area contributed by atoms with Crippen LogP contribution in [0.4, 0.5) is 0 Å². The van der Waals surface area contributed by atoms with Crippen molar-refractivity contribution in [2.24, 2.45) is 5.41 Å². The molecule has 2 aliphatic heterocycles. The first-order chi connectivity index (χ1) is 9.28. The predicted molar refractivity (Wildman–Crippen MR) is 77.5 cm³/mol. The van der Waals surface area contributed by atoms with Crippen molar-refractivity contribution in [3.8, 4) is 0 Å². The Morgan fingerprint density at radius 3 is 2.63 bits per heavy atom. The molecule has 0 aromatic carbocycles. The molecule has 0 bridgehead atoms. The van der Waals surface area contributed by atoms with E-state index in [0.717, 1.165) is 39.5 Å². The average Bonchev–Trinajstić information content (AvgIpc) is 2.92. The zero-order chi connectivity index (χ0) is 13.6. The fraction of sp³-hybridized carbons (Fsp3) is 1.00. The lowest BCUT2D eigenvalue weighted by molar-refractivity contribution is -0.0120. The lowest BCUT2D eigenvalue weighted by Crippen LogP contribution is -2.48. The van der Waals surface area contributed by atoms with Gasteiger partial charge in [0.05, 0.1) is 6.10 Å². The van der Waals surface area contributed by atoms with Gasteiger partial charge in [-0.25, -0.2) is 0 Å². The lowest BCUT2D eigenvalue weighted by Gasteiger charge is -2.41. The van der Waals surface area contributed by atoms with Gasteiger partial charge >= 0.3 is 0 Å². The maximum Gasteiger partial charge on any atom is 0.0702 e. The van der Waals surface area contributed by atoms with Crippen LogP contribution in [0.5, 0.6) is 0 Å². The summed E-state index contributed by atoms with van der Waals surface area (Å²) in [5.41, 5.74) is 0.390. The van der Waals surface area contributed by atoms with Crippen molar-refractivity contribution >= 4 is 0 Å². The van der Waals surface area contributed by atoms with Crippen LogP contribution in [0.2, 0.25) is 0 Å². The highest BCUT2D eigenvalue weighted by molar-refractivity contribution is 4.87. The van der Waals surface area contributed by atoms with E-state index in [0.29, 0.717) is 11.5 Å². The third kappa shape index (κ3) is 4.42.